The van der Waals surface area contributed by atoms with E-state index in [1.807, 2.05) is 36.5 Å². The van der Waals surface area contributed by atoms with Crippen molar-refractivity contribution in [3.8, 4) is 0 Å². The molecule has 152 valence electrons. The van der Waals surface area contributed by atoms with Crippen LogP contribution in [-0.2, 0) is 16.1 Å². The number of H-pyrrole nitrogens is 1. The number of benzene rings is 2. The van der Waals surface area contributed by atoms with Gasteiger partial charge >= 0.3 is 0 Å². The van der Waals surface area contributed by atoms with Gasteiger partial charge in [0.2, 0.25) is 11.8 Å². The van der Waals surface area contributed by atoms with E-state index in [2.05, 4.69) is 45.2 Å². The lowest BCUT2D eigenvalue weighted by molar-refractivity contribution is -0.126. The van der Waals surface area contributed by atoms with Crippen LogP contribution in [0.4, 0.5) is 5.82 Å². The summed E-state index contributed by atoms with van der Waals surface area (Å²) >= 11 is 0. The van der Waals surface area contributed by atoms with E-state index in [1.165, 1.54) is 10.9 Å². The van der Waals surface area contributed by atoms with Crippen molar-refractivity contribution in [2.75, 3.05) is 18.0 Å². The van der Waals surface area contributed by atoms with Crippen LogP contribution >= 0.6 is 0 Å². The molecule has 1 aliphatic heterocycles. The molecule has 1 saturated heterocycles. The molecule has 2 aromatic heterocycles. The molecule has 0 aliphatic carbocycles. The van der Waals surface area contributed by atoms with Gasteiger partial charge in [-0.3, -0.25) is 19.6 Å². The van der Waals surface area contributed by atoms with Gasteiger partial charge in [0.1, 0.15) is 0 Å². The zero-order valence-electron chi connectivity index (χ0n) is 16.8. The Labute approximate surface area is 173 Å². The van der Waals surface area contributed by atoms with E-state index in [-0.39, 0.29) is 24.2 Å². The number of para-hydroxylation sites is 1. The van der Waals surface area contributed by atoms with Gasteiger partial charge in [0.05, 0.1) is 11.4 Å². The monoisotopic (exact) mass is 401 g/mol. The van der Waals surface area contributed by atoms with Gasteiger partial charge in [0, 0.05) is 48.5 Å². The summed E-state index contributed by atoms with van der Waals surface area (Å²) in [6.07, 6.45) is 2.26. The predicted molar refractivity (Wildman–Crippen MR) is 116 cm³/mol. The van der Waals surface area contributed by atoms with Crippen molar-refractivity contribution in [2.24, 2.45) is 5.92 Å². The van der Waals surface area contributed by atoms with Gasteiger partial charge in [0.15, 0.2) is 5.82 Å². The van der Waals surface area contributed by atoms with Crippen molar-refractivity contribution in [1.82, 2.24) is 20.1 Å². The quantitative estimate of drug-likeness (QED) is 0.539. The van der Waals surface area contributed by atoms with Crippen LogP contribution in [-0.4, -0.2) is 39.7 Å². The SMILES string of the molecule is Cc1cccc2c1ccn2CCNC(=O)[C@H]1CC(=O)N(c2n[nH]c3ccccc23)C1. The topological polar surface area (TPSA) is 83.0 Å². The van der Waals surface area contributed by atoms with Gasteiger partial charge in [-0.15, -0.1) is 0 Å². The van der Waals surface area contributed by atoms with Crippen LogP contribution < -0.4 is 10.2 Å². The van der Waals surface area contributed by atoms with Crippen molar-refractivity contribution in [1.29, 1.82) is 0 Å². The lowest BCUT2D eigenvalue weighted by Crippen LogP contribution is -2.34. The number of hydrogen-bond donors (Lipinski definition) is 2. The van der Waals surface area contributed by atoms with Crippen LogP contribution in [0.3, 0.4) is 0 Å². The van der Waals surface area contributed by atoms with E-state index >= 15 is 0 Å². The molecule has 1 aliphatic rings. The third-order valence-corrected chi connectivity index (χ3v) is 5.89. The molecule has 0 unspecified atom stereocenters. The van der Waals surface area contributed by atoms with Crippen LogP contribution in [0.2, 0.25) is 0 Å². The highest BCUT2D eigenvalue weighted by Gasteiger charge is 2.36. The summed E-state index contributed by atoms with van der Waals surface area (Å²) in [5.41, 5.74) is 3.28. The lowest BCUT2D eigenvalue weighted by atomic mass is 10.1. The first-order valence-corrected chi connectivity index (χ1v) is 10.2. The number of carbonyl (C=O) groups is 2. The average molecular weight is 401 g/mol. The number of nitrogens with zero attached hydrogens (tertiary/aromatic N) is 3. The molecule has 0 saturated carbocycles. The number of hydrogen-bond acceptors (Lipinski definition) is 3. The second kappa shape index (κ2) is 7.33. The third-order valence-electron chi connectivity index (χ3n) is 5.89. The lowest BCUT2D eigenvalue weighted by Gasteiger charge is -2.14. The first-order valence-electron chi connectivity index (χ1n) is 10.2. The molecular formula is C23H23N5O2. The fourth-order valence-corrected chi connectivity index (χ4v) is 4.26. The fraction of sp³-hybridized carbons (Fsp3) is 0.261. The Bertz CT molecular complexity index is 1250. The second-order valence-electron chi connectivity index (χ2n) is 7.81. The maximum absolute atomic E-state index is 12.7. The van der Waals surface area contributed by atoms with Gasteiger partial charge in [-0.1, -0.05) is 24.3 Å². The van der Waals surface area contributed by atoms with Crippen LogP contribution in [0.5, 0.6) is 0 Å². The summed E-state index contributed by atoms with van der Waals surface area (Å²) < 4.78 is 2.14. The summed E-state index contributed by atoms with van der Waals surface area (Å²) in [6.45, 7) is 3.66. The molecule has 7 heteroatoms. The molecular weight excluding hydrogens is 378 g/mol. The molecule has 2 aromatic carbocycles. The third kappa shape index (κ3) is 3.12. The molecule has 30 heavy (non-hydrogen) atoms. The highest BCUT2D eigenvalue weighted by molar-refractivity contribution is 6.05. The number of aromatic amines is 1. The van der Waals surface area contributed by atoms with Gasteiger partial charge in [-0.05, 0) is 36.8 Å². The Balaban J connectivity index is 1.23. The maximum Gasteiger partial charge on any atom is 0.229 e. The smallest absolute Gasteiger partial charge is 0.229 e. The van der Waals surface area contributed by atoms with Crippen molar-refractivity contribution in [3.05, 3.63) is 60.3 Å². The van der Waals surface area contributed by atoms with E-state index in [0.717, 1.165) is 16.4 Å². The Hall–Kier alpha value is -3.61. The molecule has 3 heterocycles. The molecule has 0 radical (unpaired) electrons. The predicted octanol–water partition coefficient (Wildman–Crippen LogP) is 3.00. The summed E-state index contributed by atoms with van der Waals surface area (Å²) in [6, 6.07) is 16.0. The van der Waals surface area contributed by atoms with E-state index in [1.54, 1.807) is 4.90 Å². The van der Waals surface area contributed by atoms with Crippen LogP contribution in [0.15, 0.2) is 54.7 Å². The van der Waals surface area contributed by atoms with E-state index in [0.29, 0.717) is 25.5 Å². The molecule has 2 N–H and O–H groups in total. The van der Waals surface area contributed by atoms with Gasteiger partial charge < -0.3 is 9.88 Å². The molecule has 5 rings (SSSR count). The minimum atomic E-state index is -0.364. The number of aromatic nitrogens is 3. The molecule has 1 fully saturated rings. The number of amides is 2. The maximum atomic E-state index is 12.7. The Morgan fingerprint density at radius 3 is 2.93 bits per heavy atom. The number of aryl methyl sites for hydroxylation is 1. The van der Waals surface area contributed by atoms with Crippen molar-refractivity contribution in [2.45, 2.75) is 19.9 Å². The van der Waals surface area contributed by atoms with E-state index in [9.17, 15) is 9.59 Å². The average Bonchev–Trinajstić information content (AvgIpc) is 3.45. The fourth-order valence-electron chi connectivity index (χ4n) is 4.26. The van der Waals surface area contributed by atoms with Gasteiger partial charge in [-0.25, -0.2) is 0 Å². The van der Waals surface area contributed by atoms with Crippen LogP contribution in [0.1, 0.15) is 12.0 Å². The minimum absolute atomic E-state index is 0.0701. The standard InChI is InChI=1S/C23H23N5O2/c1-15-5-4-8-20-17(15)9-11-27(20)12-10-24-23(30)16-13-21(29)28(14-16)22-18-6-2-3-7-19(18)25-26-22/h2-9,11,16H,10,12-14H2,1H3,(H,24,30)(H,25,26)/t16-/m0/s1. The number of rotatable bonds is 5. The Morgan fingerprint density at radius 1 is 1.17 bits per heavy atom. The summed E-state index contributed by atoms with van der Waals surface area (Å²) in [4.78, 5) is 26.9. The molecule has 0 bridgehead atoms. The summed E-state index contributed by atoms with van der Waals surface area (Å²) in [7, 11) is 0. The van der Waals surface area contributed by atoms with Crippen molar-refractivity contribution < 1.29 is 9.59 Å². The molecule has 0 spiro atoms. The highest BCUT2D eigenvalue weighted by Crippen LogP contribution is 2.29. The zero-order valence-corrected chi connectivity index (χ0v) is 16.8. The minimum Gasteiger partial charge on any atom is -0.354 e. The Kier molecular flexibility index (Phi) is 4.50. The molecule has 4 aromatic rings. The first kappa shape index (κ1) is 18.4. The number of carbonyl (C=O) groups excluding carboxylic acids is 2. The number of anilines is 1. The molecule has 7 nitrogen and oxygen atoms in total. The summed E-state index contributed by atoms with van der Waals surface area (Å²) in [5.74, 6) is 0.0781. The van der Waals surface area contributed by atoms with Crippen LogP contribution in [0.25, 0.3) is 21.8 Å². The Morgan fingerprint density at radius 2 is 2.03 bits per heavy atom. The van der Waals surface area contributed by atoms with Gasteiger partial charge in [0.25, 0.3) is 0 Å². The van der Waals surface area contributed by atoms with E-state index in [4.69, 9.17) is 0 Å². The summed E-state index contributed by atoms with van der Waals surface area (Å²) in [5, 5.41) is 12.4. The molecule has 1 atom stereocenters. The zero-order chi connectivity index (χ0) is 20.7. The van der Waals surface area contributed by atoms with Crippen molar-refractivity contribution >= 4 is 39.4 Å². The van der Waals surface area contributed by atoms with Crippen LogP contribution in [0, 0.1) is 12.8 Å². The number of fused-ring (bicyclic) bond motifs is 2. The normalized spacial score (nSPS) is 16.6. The largest absolute Gasteiger partial charge is 0.354 e. The second-order valence-corrected chi connectivity index (χ2v) is 7.81. The highest BCUT2D eigenvalue weighted by atomic mass is 16.2. The van der Waals surface area contributed by atoms with Gasteiger partial charge in [-0.2, -0.15) is 5.10 Å². The van der Waals surface area contributed by atoms with E-state index < -0.39 is 0 Å². The van der Waals surface area contributed by atoms with Crippen molar-refractivity contribution in [3.63, 3.8) is 0 Å². The molecule has 2 amide bonds. The first-order chi connectivity index (χ1) is 14.6. The number of nitrogens with one attached hydrogen (secondary N) is 2.